The van der Waals surface area contributed by atoms with Crippen LogP contribution in [-0.2, 0) is 19.9 Å². The molecule has 1 aliphatic rings. The van der Waals surface area contributed by atoms with Gasteiger partial charge in [0.05, 0.1) is 17.5 Å². The maximum Gasteiger partial charge on any atom is 0.258 e. The molecule has 0 fully saturated rings. The van der Waals surface area contributed by atoms with Crippen LogP contribution in [0.1, 0.15) is 25.8 Å². The van der Waals surface area contributed by atoms with Crippen LogP contribution in [0.2, 0.25) is 0 Å². The molecule has 0 aromatic carbocycles. The first-order chi connectivity index (χ1) is 10.6. The molecule has 0 aliphatic heterocycles. The summed E-state index contributed by atoms with van der Waals surface area (Å²) in [5, 5.41) is 9.76. The largest absolute Gasteiger partial charge is 0.298 e. The van der Waals surface area contributed by atoms with Crippen molar-refractivity contribution >= 4 is 33.7 Å². The van der Waals surface area contributed by atoms with Gasteiger partial charge in [0.2, 0.25) is 0 Å². The average Bonchev–Trinajstić information content (AvgIpc) is 3.17. The predicted molar refractivity (Wildman–Crippen MR) is 88.7 cm³/mol. The highest BCUT2D eigenvalue weighted by atomic mass is 32.1. The van der Waals surface area contributed by atoms with Crippen LogP contribution in [0, 0.1) is 6.92 Å². The number of thiophene rings is 1. The second kappa shape index (κ2) is 5.03. The van der Waals surface area contributed by atoms with E-state index >= 15 is 0 Å². The summed E-state index contributed by atoms with van der Waals surface area (Å²) in [6.07, 6.45) is 3.78. The van der Waals surface area contributed by atoms with Gasteiger partial charge < -0.3 is 0 Å². The van der Waals surface area contributed by atoms with Crippen molar-refractivity contribution in [2.75, 3.05) is 5.32 Å². The number of fused-ring (bicyclic) bond motifs is 3. The number of rotatable bonds is 2. The first-order valence-electron chi connectivity index (χ1n) is 6.99. The van der Waals surface area contributed by atoms with Crippen molar-refractivity contribution in [3.63, 3.8) is 0 Å². The van der Waals surface area contributed by atoms with Crippen LogP contribution < -0.4 is 5.32 Å². The van der Waals surface area contributed by atoms with Crippen molar-refractivity contribution in [1.82, 2.24) is 14.8 Å². The zero-order valence-corrected chi connectivity index (χ0v) is 13.8. The molecule has 1 amide bonds. The molecule has 112 valence electrons. The molecule has 0 radical (unpaired) electrons. The third-order valence-corrected chi connectivity index (χ3v) is 5.71. The van der Waals surface area contributed by atoms with Gasteiger partial charge in [-0.15, -0.1) is 22.7 Å². The number of anilines is 1. The molecule has 1 N–H and O–H groups in total. The lowest BCUT2D eigenvalue weighted by atomic mass is 10.0. The lowest BCUT2D eigenvalue weighted by molar-refractivity contribution is 0.102. The van der Waals surface area contributed by atoms with Crippen molar-refractivity contribution in [3.05, 3.63) is 38.7 Å². The van der Waals surface area contributed by atoms with Crippen LogP contribution >= 0.6 is 22.7 Å². The van der Waals surface area contributed by atoms with E-state index in [9.17, 15) is 4.79 Å². The Kier molecular flexibility index (Phi) is 3.12. The first kappa shape index (κ1) is 13.7. The molecule has 3 heterocycles. The molecule has 0 saturated carbocycles. The van der Waals surface area contributed by atoms with Gasteiger partial charge in [-0.1, -0.05) is 0 Å². The van der Waals surface area contributed by atoms with E-state index in [1.807, 2.05) is 36.3 Å². The quantitative estimate of drug-likeness (QED) is 0.784. The molecule has 0 bridgehead atoms. The molecule has 7 heteroatoms. The number of amides is 1. The summed E-state index contributed by atoms with van der Waals surface area (Å²) in [6.45, 7) is 1.99. The number of carbonyl (C=O) groups excluding carboxylic acids is 1. The van der Waals surface area contributed by atoms with E-state index in [-0.39, 0.29) is 5.91 Å². The Labute approximate surface area is 135 Å². The molecule has 0 unspecified atom stereocenters. The van der Waals surface area contributed by atoms with Gasteiger partial charge >= 0.3 is 0 Å². The molecule has 0 spiro atoms. The van der Waals surface area contributed by atoms with Gasteiger partial charge in [-0.25, -0.2) is 4.98 Å². The van der Waals surface area contributed by atoms with Crippen molar-refractivity contribution in [1.29, 1.82) is 0 Å². The first-order valence-corrected chi connectivity index (χ1v) is 8.69. The third kappa shape index (κ3) is 2.17. The lowest BCUT2D eigenvalue weighted by Gasteiger charge is -2.10. The van der Waals surface area contributed by atoms with E-state index in [4.69, 9.17) is 0 Å². The lowest BCUT2D eigenvalue weighted by Crippen LogP contribution is -2.10. The predicted octanol–water partition coefficient (Wildman–Crippen LogP) is 3.26. The fraction of sp³-hybridized carbons (Fsp3) is 0.267. The molecule has 1 aliphatic carbocycles. The fourth-order valence-corrected chi connectivity index (χ4v) is 4.36. The molecule has 3 aromatic heterocycles. The Bertz CT molecular complexity index is 874. The molecule has 3 aromatic rings. The Morgan fingerprint density at radius 1 is 1.41 bits per heavy atom. The van der Waals surface area contributed by atoms with Crippen LogP contribution in [0.3, 0.4) is 0 Å². The summed E-state index contributed by atoms with van der Waals surface area (Å²) in [7, 11) is 1.96. The molecule has 22 heavy (non-hydrogen) atoms. The Balaban J connectivity index is 1.63. The van der Waals surface area contributed by atoms with Crippen molar-refractivity contribution < 1.29 is 4.79 Å². The Morgan fingerprint density at radius 2 is 2.27 bits per heavy atom. The van der Waals surface area contributed by atoms with Crippen LogP contribution in [0.5, 0.6) is 0 Å². The number of carbonyl (C=O) groups is 1. The maximum atomic E-state index is 12.2. The summed E-state index contributed by atoms with van der Waals surface area (Å²) in [4.78, 5) is 19.2. The van der Waals surface area contributed by atoms with Gasteiger partial charge in [0.25, 0.3) is 5.91 Å². The minimum atomic E-state index is -0.0955. The van der Waals surface area contributed by atoms with Crippen LogP contribution in [0.15, 0.2) is 17.6 Å². The summed E-state index contributed by atoms with van der Waals surface area (Å²) in [6, 6.07) is 1.90. The van der Waals surface area contributed by atoms with Crippen molar-refractivity contribution in [2.24, 2.45) is 7.05 Å². The smallest absolute Gasteiger partial charge is 0.258 e. The second-order valence-electron chi connectivity index (χ2n) is 5.32. The summed E-state index contributed by atoms with van der Waals surface area (Å²) >= 11 is 3.14. The van der Waals surface area contributed by atoms with Crippen LogP contribution in [-0.4, -0.2) is 20.7 Å². The number of aromatic nitrogens is 3. The minimum Gasteiger partial charge on any atom is -0.298 e. The standard InChI is InChI=1S/C15H14N4OS2/c1-8-5-9(7-21-8)14(20)18-15-17-13-10-6-16-19(2)11(10)3-4-12(13)22-15/h5-7H,3-4H2,1-2H3,(H,17,18,20). The summed E-state index contributed by atoms with van der Waals surface area (Å²) in [5.74, 6) is -0.0955. The second-order valence-corrected chi connectivity index (χ2v) is 7.52. The third-order valence-electron chi connectivity index (χ3n) is 3.82. The molecular weight excluding hydrogens is 316 g/mol. The Morgan fingerprint density at radius 3 is 3.05 bits per heavy atom. The van der Waals surface area contributed by atoms with Gasteiger partial charge in [-0.3, -0.25) is 14.8 Å². The highest BCUT2D eigenvalue weighted by molar-refractivity contribution is 7.16. The van der Waals surface area contributed by atoms with Gasteiger partial charge in [-0.2, -0.15) is 5.10 Å². The van der Waals surface area contributed by atoms with Crippen molar-refractivity contribution in [2.45, 2.75) is 19.8 Å². The van der Waals surface area contributed by atoms with Gasteiger partial charge in [0.1, 0.15) is 0 Å². The SMILES string of the molecule is Cc1cc(C(=O)Nc2nc3c(s2)CCc2c-3cnn2C)cs1. The molecule has 0 atom stereocenters. The zero-order valence-electron chi connectivity index (χ0n) is 12.2. The van der Waals surface area contributed by atoms with Gasteiger partial charge in [-0.05, 0) is 25.8 Å². The number of aryl methyl sites for hydroxylation is 3. The van der Waals surface area contributed by atoms with E-state index in [1.54, 1.807) is 22.7 Å². The topological polar surface area (TPSA) is 59.8 Å². The molecule has 5 nitrogen and oxygen atoms in total. The molecule has 0 saturated heterocycles. The zero-order chi connectivity index (χ0) is 15.3. The number of hydrogen-bond acceptors (Lipinski definition) is 5. The van der Waals surface area contributed by atoms with E-state index in [0.29, 0.717) is 10.7 Å². The summed E-state index contributed by atoms with van der Waals surface area (Å²) < 4.78 is 1.91. The van der Waals surface area contributed by atoms with E-state index in [2.05, 4.69) is 15.4 Å². The maximum absolute atomic E-state index is 12.2. The number of hydrogen-bond donors (Lipinski definition) is 1. The normalized spacial score (nSPS) is 12.8. The number of nitrogens with zero attached hydrogens (tertiary/aromatic N) is 3. The Hall–Kier alpha value is -1.99. The molecule has 4 rings (SSSR count). The minimum absolute atomic E-state index is 0.0955. The van der Waals surface area contributed by atoms with Gasteiger partial charge in [0, 0.05) is 33.4 Å². The summed E-state index contributed by atoms with van der Waals surface area (Å²) in [5.41, 5.74) is 3.96. The number of thiazole rings is 1. The van der Waals surface area contributed by atoms with E-state index < -0.39 is 0 Å². The van der Waals surface area contributed by atoms with Crippen molar-refractivity contribution in [3.8, 4) is 11.3 Å². The fourth-order valence-electron chi connectivity index (χ4n) is 2.71. The number of nitrogens with one attached hydrogen (secondary N) is 1. The highest BCUT2D eigenvalue weighted by Crippen LogP contribution is 2.37. The van der Waals surface area contributed by atoms with Crippen LogP contribution in [0.25, 0.3) is 11.3 Å². The van der Waals surface area contributed by atoms with Crippen LogP contribution in [0.4, 0.5) is 5.13 Å². The molecular formula is C15H14N4OS2. The average molecular weight is 330 g/mol. The van der Waals surface area contributed by atoms with Gasteiger partial charge in [0.15, 0.2) is 5.13 Å². The monoisotopic (exact) mass is 330 g/mol. The van der Waals surface area contributed by atoms with E-state index in [1.165, 1.54) is 10.6 Å². The highest BCUT2D eigenvalue weighted by Gasteiger charge is 2.24. The van der Waals surface area contributed by atoms with E-state index in [0.717, 1.165) is 29.0 Å².